The van der Waals surface area contributed by atoms with Crippen molar-refractivity contribution in [2.45, 2.75) is 185 Å². The van der Waals surface area contributed by atoms with Crippen LogP contribution in [0.4, 0.5) is 0 Å². The molecule has 0 aromatic rings. The van der Waals surface area contributed by atoms with Crippen molar-refractivity contribution in [3.8, 4) is 0 Å². The third-order valence-electron chi connectivity index (χ3n) is 10.4. The van der Waals surface area contributed by atoms with Gasteiger partial charge >= 0.3 is 19.8 Å². The molecule has 0 amide bonds. The van der Waals surface area contributed by atoms with Crippen LogP contribution >= 0.6 is 7.82 Å². The van der Waals surface area contributed by atoms with E-state index in [-0.39, 0.29) is 19.3 Å². The summed E-state index contributed by atoms with van der Waals surface area (Å²) in [6.45, 7) is 2.97. The number of esters is 2. The topological polar surface area (TPSA) is 230 Å². The van der Waals surface area contributed by atoms with Crippen molar-refractivity contribution in [1.29, 1.82) is 0 Å². The number of rotatable bonds is 38. The Labute approximate surface area is 406 Å². The summed E-state index contributed by atoms with van der Waals surface area (Å²) < 4.78 is 33.4. The second-order valence-electron chi connectivity index (χ2n) is 16.4. The molecule has 0 aliphatic heterocycles. The number of carbonyl (C=O) groups excluding carboxylic acids is 2. The van der Waals surface area contributed by atoms with E-state index in [1.807, 2.05) is 12.2 Å². The highest BCUT2D eigenvalue weighted by atomic mass is 31.2. The fourth-order valence-corrected chi connectivity index (χ4v) is 7.41. The molecule has 0 heterocycles. The van der Waals surface area contributed by atoms with E-state index < -0.39 is 81.8 Å². The van der Waals surface area contributed by atoms with Gasteiger partial charge in [0.1, 0.15) is 43.2 Å². The summed E-state index contributed by atoms with van der Waals surface area (Å²) in [6.07, 6.45) is 41.2. The molecule has 14 nitrogen and oxygen atoms in total. The molecule has 4 unspecified atom stereocenters. The molecule has 1 fully saturated rings. The molecule has 384 valence electrons. The van der Waals surface area contributed by atoms with Gasteiger partial charge in [-0.25, -0.2) is 4.57 Å². The smallest absolute Gasteiger partial charge is 0.462 e. The van der Waals surface area contributed by atoms with Crippen molar-refractivity contribution >= 4 is 19.8 Å². The van der Waals surface area contributed by atoms with E-state index in [1.165, 1.54) is 19.3 Å². The lowest BCUT2D eigenvalue weighted by Gasteiger charge is -2.41. The summed E-state index contributed by atoms with van der Waals surface area (Å²) in [5.41, 5.74) is 0. The number of allylic oxidation sites excluding steroid dienone is 18. The third-order valence-corrected chi connectivity index (χ3v) is 11.4. The molecule has 1 aliphatic rings. The van der Waals surface area contributed by atoms with Crippen molar-refractivity contribution in [3.05, 3.63) is 122 Å². The fourth-order valence-electron chi connectivity index (χ4n) is 6.44. The first-order chi connectivity index (χ1) is 32.8. The number of phosphoric ester groups is 1. The van der Waals surface area contributed by atoms with Crippen molar-refractivity contribution < 1.29 is 68.2 Å². The van der Waals surface area contributed by atoms with Gasteiger partial charge < -0.3 is 45.0 Å². The van der Waals surface area contributed by atoms with Gasteiger partial charge in [-0.05, 0) is 89.9 Å². The van der Waals surface area contributed by atoms with E-state index in [0.29, 0.717) is 12.8 Å². The van der Waals surface area contributed by atoms with E-state index >= 15 is 0 Å². The summed E-state index contributed by atoms with van der Waals surface area (Å²) in [4.78, 5) is 35.8. The van der Waals surface area contributed by atoms with Gasteiger partial charge in [-0.2, -0.15) is 0 Å². The van der Waals surface area contributed by atoms with Gasteiger partial charge in [-0.3, -0.25) is 18.6 Å². The minimum atomic E-state index is -5.18. The maximum atomic E-state index is 12.8. The highest BCUT2D eigenvalue weighted by Crippen LogP contribution is 2.47. The number of unbranched alkanes of at least 4 members (excludes halogenated alkanes) is 6. The predicted molar refractivity (Wildman–Crippen MR) is 268 cm³/mol. The van der Waals surface area contributed by atoms with Gasteiger partial charge in [0, 0.05) is 12.8 Å². The SMILES string of the molecule is CC/C=C\C/C=C\C/C=C\C/C=C\C=C/C(O)C/C=C\CCC(=O)OC[C@H](COP(=O)(O)OC1[C@H](O)[C@H](O)C(O)[C@H](O)[C@H]1O)OC(=O)CCCCC/C=C\C/C=C\C/C=C\C/C=C\CCCCC. The second-order valence-corrected chi connectivity index (χ2v) is 17.8. The summed E-state index contributed by atoms with van der Waals surface area (Å²) in [7, 11) is -5.18. The molecule has 68 heavy (non-hydrogen) atoms. The summed E-state index contributed by atoms with van der Waals surface area (Å²) in [5, 5.41) is 60.5. The number of carbonyl (C=O) groups is 2. The van der Waals surface area contributed by atoms with Crippen LogP contribution in [-0.4, -0.2) is 110 Å². The molecule has 1 rings (SSSR count). The number of hydrogen-bond acceptors (Lipinski definition) is 13. The molecular weight excluding hydrogens is 892 g/mol. The van der Waals surface area contributed by atoms with Crippen molar-refractivity contribution in [2.24, 2.45) is 0 Å². The Hall–Kier alpha value is -3.79. The molecule has 0 bridgehead atoms. The standard InChI is InChI=1S/C53H83O14P/c1-3-5-7-9-11-13-15-17-18-19-20-21-22-24-26-28-30-32-36-41-47(56)66-45(43-65-68(62,63)67-53-51(60)49(58)48(57)50(59)52(53)61)42-64-46(55)40-37-33-35-39-44(54)38-34-31-29-27-25-23-16-14-12-10-8-6-4-2/h6,8,11-14,17-18,20-21,23-26,29,31,33-35,38,44-45,48-54,57-61H,3-5,7,9-10,15-16,19,22,27-28,30,32,36-37,39-43H2,1-2H3,(H,62,63)/b8-6-,13-11-,14-12-,18-17-,21-20-,25-23-,26-24-,31-29-,35-33-,38-34-/t44?,45-,48?,49-,50+,51-,52-,53?/m1/s1. The first kappa shape index (κ1) is 62.2. The van der Waals surface area contributed by atoms with Gasteiger partial charge in [0.15, 0.2) is 6.10 Å². The largest absolute Gasteiger partial charge is 0.472 e. The number of phosphoric acid groups is 1. The molecular formula is C53H83O14P. The van der Waals surface area contributed by atoms with Gasteiger partial charge in [0.2, 0.25) is 0 Å². The van der Waals surface area contributed by atoms with E-state index in [0.717, 1.165) is 70.6 Å². The van der Waals surface area contributed by atoms with Crippen molar-refractivity contribution in [1.82, 2.24) is 0 Å². The van der Waals surface area contributed by atoms with Crippen LogP contribution < -0.4 is 0 Å². The molecule has 9 atom stereocenters. The third kappa shape index (κ3) is 32.9. The molecule has 0 radical (unpaired) electrons. The van der Waals surface area contributed by atoms with Crippen LogP contribution in [0, 0.1) is 0 Å². The minimum Gasteiger partial charge on any atom is -0.462 e. The zero-order valence-electron chi connectivity index (χ0n) is 40.5. The number of ether oxygens (including phenoxy) is 2. The van der Waals surface area contributed by atoms with Crippen LogP contribution in [0.25, 0.3) is 0 Å². The zero-order chi connectivity index (χ0) is 50.1. The fraction of sp³-hybridized carbons (Fsp3) is 0.585. The second kappa shape index (κ2) is 41.0. The quantitative estimate of drug-likeness (QED) is 0.0101. The van der Waals surface area contributed by atoms with Crippen LogP contribution in [0.2, 0.25) is 0 Å². The Kier molecular flexibility index (Phi) is 37.6. The predicted octanol–water partition coefficient (Wildman–Crippen LogP) is 9.14. The first-order valence-corrected chi connectivity index (χ1v) is 25.9. The number of aliphatic hydroxyl groups excluding tert-OH is 6. The van der Waals surface area contributed by atoms with Gasteiger partial charge in [0.25, 0.3) is 0 Å². The Morgan fingerprint density at radius 3 is 1.60 bits per heavy atom. The molecule has 1 saturated carbocycles. The van der Waals surface area contributed by atoms with Gasteiger partial charge in [-0.15, -0.1) is 0 Å². The molecule has 0 spiro atoms. The highest BCUT2D eigenvalue weighted by molar-refractivity contribution is 7.47. The van der Waals surface area contributed by atoms with E-state index in [4.69, 9.17) is 18.5 Å². The average Bonchev–Trinajstić information content (AvgIpc) is 3.32. The zero-order valence-corrected chi connectivity index (χ0v) is 41.3. The van der Waals surface area contributed by atoms with E-state index in [2.05, 4.69) is 98.9 Å². The van der Waals surface area contributed by atoms with E-state index in [9.17, 15) is 49.7 Å². The Morgan fingerprint density at radius 2 is 1.04 bits per heavy atom. The highest BCUT2D eigenvalue weighted by Gasteiger charge is 2.51. The normalized spacial score (nSPS) is 22.5. The minimum absolute atomic E-state index is 0.0141. The summed E-state index contributed by atoms with van der Waals surface area (Å²) in [6, 6.07) is 0. The van der Waals surface area contributed by atoms with Crippen LogP contribution in [-0.2, 0) is 32.7 Å². The van der Waals surface area contributed by atoms with Crippen molar-refractivity contribution in [3.63, 3.8) is 0 Å². The summed E-state index contributed by atoms with van der Waals surface area (Å²) in [5.74, 6) is -1.33. The average molecular weight is 975 g/mol. The van der Waals surface area contributed by atoms with Gasteiger partial charge in [-0.1, -0.05) is 155 Å². The maximum Gasteiger partial charge on any atom is 0.472 e. The van der Waals surface area contributed by atoms with Crippen LogP contribution in [0.15, 0.2) is 122 Å². The molecule has 7 N–H and O–H groups in total. The Balaban J connectivity index is 2.57. The lowest BCUT2D eigenvalue weighted by atomic mass is 9.85. The molecule has 0 aromatic carbocycles. The summed E-state index contributed by atoms with van der Waals surface area (Å²) >= 11 is 0. The Morgan fingerprint density at radius 1 is 0.544 bits per heavy atom. The van der Waals surface area contributed by atoms with Crippen LogP contribution in [0.3, 0.4) is 0 Å². The molecule has 0 saturated heterocycles. The monoisotopic (exact) mass is 975 g/mol. The number of aliphatic hydroxyl groups is 6. The molecule has 0 aromatic heterocycles. The molecule has 1 aliphatic carbocycles. The first-order valence-electron chi connectivity index (χ1n) is 24.4. The van der Waals surface area contributed by atoms with Crippen LogP contribution in [0.1, 0.15) is 136 Å². The lowest BCUT2D eigenvalue weighted by molar-refractivity contribution is -0.220. The van der Waals surface area contributed by atoms with Crippen LogP contribution in [0.5, 0.6) is 0 Å². The molecule has 15 heteroatoms. The number of hydrogen-bond donors (Lipinski definition) is 7. The van der Waals surface area contributed by atoms with Gasteiger partial charge in [0.05, 0.1) is 12.7 Å². The Bertz CT molecular complexity index is 1660. The van der Waals surface area contributed by atoms with Crippen molar-refractivity contribution in [2.75, 3.05) is 13.2 Å². The van der Waals surface area contributed by atoms with E-state index in [1.54, 1.807) is 24.3 Å². The lowest BCUT2D eigenvalue weighted by Crippen LogP contribution is -2.64. The maximum absolute atomic E-state index is 12.8.